The molecule has 2 heterocycles. The number of carbonyl (C=O) groups excluding carboxylic acids is 3. The van der Waals surface area contributed by atoms with E-state index >= 15 is 0 Å². The third kappa shape index (κ3) is 4.85. The fourth-order valence-corrected chi connectivity index (χ4v) is 7.98. The van der Waals surface area contributed by atoms with Gasteiger partial charge in [0.25, 0.3) is 0 Å². The van der Waals surface area contributed by atoms with Crippen molar-refractivity contribution in [3.05, 3.63) is 0 Å². The van der Waals surface area contributed by atoms with Gasteiger partial charge in [-0.15, -0.1) is 0 Å². The Balaban J connectivity index is 1.13. The van der Waals surface area contributed by atoms with E-state index in [-0.39, 0.29) is 23.3 Å². The second kappa shape index (κ2) is 10.1. The van der Waals surface area contributed by atoms with Gasteiger partial charge in [0.2, 0.25) is 17.7 Å². The van der Waals surface area contributed by atoms with Gasteiger partial charge in [0.05, 0.1) is 12.0 Å². The normalized spacial score (nSPS) is 35.1. The Bertz CT molecular complexity index is 743. The third-order valence-electron chi connectivity index (χ3n) is 9.19. The standard InChI is InChI=1S/C26H42N4O4/c1-34-11-3-5-27-23(31)18-28-7-9-29(10-8-28)24(32)22-4-2-6-30(22)25(33)26-15-19-12-20(16-26)14-21(13-19)17-26/h19-22H,2-18H2,1H3,(H,27,31). The van der Waals surface area contributed by atoms with Gasteiger partial charge in [-0.3, -0.25) is 19.3 Å². The summed E-state index contributed by atoms with van der Waals surface area (Å²) in [7, 11) is 1.66. The van der Waals surface area contributed by atoms with E-state index in [1.807, 2.05) is 9.80 Å². The Labute approximate surface area is 203 Å². The van der Waals surface area contributed by atoms with Crippen LogP contribution >= 0.6 is 0 Å². The monoisotopic (exact) mass is 474 g/mol. The highest BCUT2D eigenvalue weighted by atomic mass is 16.5. The number of likely N-dealkylation sites (tertiary alicyclic amines) is 1. The van der Waals surface area contributed by atoms with Crippen molar-refractivity contribution in [1.82, 2.24) is 20.0 Å². The Morgan fingerprint density at radius 1 is 0.941 bits per heavy atom. The second-order valence-electron chi connectivity index (χ2n) is 11.7. The summed E-state index contributed by atoms with van der Waals surface area (Å²) in [6.45, 7) is 5.04. The summed E-state index contributed by atoms with van der Waals surface area (Å²) in [4.78, 5) is 45.6. The van der Waals surface area contributed by atoms with Crippen LogP contribution in [0.2, 0.25) is 0 Å². The predicted octanol–water partition coefficient (Wildman–Crippen LogP) is 1.49. The van der Waals surface area contributed by atoms with Crippen molar-refractivity contribution >= 4 is 17.7 Å². The summed E-state index contributed by atoms with van der Waals surface area (Å²) in [5, 5.41) is 2.93. The number of ether oxygens (including phenoxy) is 1. The average molecular weight is 475 g/mol. The summed E-state index contributed by atoms with van der Waals surface area (Å²) in [5.41, 5.74) is -0.174. The van der Waals surface area contributed by atoms with Crippen molar-refractivity contribution < 1.29 is 19.1 Å². The van der Waals surface area contributed by atoms with E-state index in [2.05, 4.69) is 10.2 Å². The van der Waals surface area contributed by atoms with Crippen LogP contribution in [0.25, 0.3) is 0 Å². The molecule has 34 heavy (non-hydrogen) atoms. The Morgan fingerprint density at radius 2 is 1.59 bits per heavy atom. The van der Waals surface area contributed by atoms with Gasteiger partial charge in [0.1, 0.15) is 6.04 Å². The minimum Gasteiger partial charge on any atom is -0.385 e. The molecule has 3 amide bonds. The maximum Gasteiger partial charge on any atom is 0.245 e. The maximum absolute atomic E-state index is 13.9. The van der Waals surface area contributed by atoms with Gasteiger partial charge in [0.15, 0.2) is 0 Å². The van der Waals surface area contributed by atoms with Crippen LogP contribution in [0.1, 0.15) is 57.8 Å². The van der Waals surface area contributed by atoms with Crippen LogP contribution in [-0.4, -0.2) is 98.0 Å². The number of amides is 3. The van der Waals surface area contributed by atoms with Crippen LogP contribution in [0.3, 0.4) is 0 Å². The smallest absolute Gasteiger partial charge is 0.245 e. The molecule has 1 unspecified atom stereocenters. The highest BCUT2D eigenvalue weighted by Crippen LogP contribution is 2.60. The minimum absolute atomic E-state index is 0.0269. The van der Waals surface area contributed by atoms with Crippen LogP contribution < -0.4 is 5.32 Å². The summed E-state index contributed by atoms with van der Waals surface area (Å²) in [5.74, 6) is 2.65. The SMILES string of the molecule is COCCCNC(=O)CN1CCN(C(=O)C2CCCN2C(=O)C23CC4CC(CC(C4)C2)C3)CC1. The second-order valence-corrected chi connectivity index (χ2v) is 11.7. The molecule has 4 aliphatic carbocycles. The largest absolute Gasteiger partial charge is 0.385 e. The molecule has 0 aromatic carbocycles. The molecular formula is C26H42N4O4. The molecule has 190 valence electrons. The number of hydrogen-bond donors (Lipinski definition) is 1. The molecule has 6 fully saturated rings. The third-order valence-corrected chi connectivity index (χ3v) is 9.19. The first kappa shape index (κ1) is 24.0. The van der Waals surface area contributed by atoms with Crippen molar-refractivity contribution in [1.29, 1.82) is 0 Å². The molecule has 4 bridgehead atoms. The summed E-state index contributed by atoms with van der Waals surface area (Å²) in [6, 6.07) is -0.281. The van der Waals surface area contributed by atoms with E-state index in [0.717, 1.165) is 62.8 Å². The van der Waals surface area contributed by atoms with Gasteiger partial charge in [-0.2, -0.15) is 0 Å². The zero-order valence-corrected chi connectivity index (χ0v) is 20.8. The van der Waals surface area contributed by atoms with Gasteiger partial charge in [-0.25, -0.2) is 0 Å². The van der Waals surface area contributed by atoms with Crippen LogP contribution in [0.15, 0.2) is 0 Å². The first-order valence-corrected chi connectivity index (χ1v) is 13.6. The molecule has 0 aromatic rings. The van der Waals surface area contributed by atoms with Gasteiger partial charge in [-0.1, -0.05) is 0 Å². The first-order valence-electron chi connectivity index (χ1n) is 13.6. The fraction of sp³-hybridized carbons (Fsp3) is 0.885. The van der Waals surface area contributed by atoms with Gasteiger partial charge in [0, 0.05) is 53.0 Å². The lowest BCUT2D eigenvalue weighted by Gasteiger charge is -2.56. The van der Waals surface area contributed by atoms with E-state index in [9.17, 15) is 14.4 Å². The number of nitrogens with zero attached hydrogens (tertiary/aromatic N) is 3. The molecular weight excluding hydrogens is 432 g/mol. The van der Waals surface area contributed by atoms with Crippen molar-refractivity contribution in [2.24, 2.45) is 23.2 Å². The van der Waals surface area contributed by atoms with Crippen LogP contribution in [0.5, 0.6) is 0 Å². The topological polar surface area (TPSA) is 82.2 Å². The summed E-state index contributed by atoms with van der Waals surface area (Å²) >= 11 is 0. The number of rotatable bonds is 8. The summed E-state index contributed by atoms with van der Waals surface area (Å²) < 4.78 is 5.01. The van der Waals surface area contributed by atoms with Crippen molar-refractivity contribution in [2.45, 2.75) is 63.8 Å². The molecule has 4 saturated carbocycles. The number of methoxy groups -OCH3 is 1. The number of nitrogens with one attached hydrogen (secondary N) is 1. The molecule has 8 heteroatoms. The lowest BCUT2D eigenvalue weighted by Crippen LogP contribution is -2.59. The van der Waals surface area contributed by atoms with E-state index in [1.165, 1.54) is 19.3 Å². The molecule has 0 aromatic heterocycles. The average Bonchev–Trinajstić information content (AvgIpc) is 3.30. The number of carbonyl (C=O) groups is 3. The van der Waals surface area contributed by atoms with E-state index in [4.69, 9.17) is 4.74 Å². The molecule has 1 atom stereocenters. The van der Waals surface area contributed by atoms with Gasteiger partial charge >= 0.3 is 0 Å². The van der Waals surface area contributed by atoms with Crippen molar-refractivity contribution in [2.75, 3.05) is 59.5 Å². The molecule has 0 spiro atoms. The number of hydrogen-bond acceptors (Lipinski definition) is 5. The minimum atomic E-state index is -0.281. The Morgan fingerprint density at radius 3 is 2.21 bits per heavy atom. The molecule has 6 rings (SSSR count). The van der Waals surface area contributed by atoms with Crippen LogP contribution in [0, 0.1) is 23.2 Å². The van der Waals surface area contributed by atoms with Crippen LogP contribution in [0.4, 0.5) is 0 Å². The van der Waals surface area contributed by atoms with E-state index in [1.54, 1.807) is 7.11 Å². The van der Waals surface area contributed by atoms with Crippen LogP contribution in [-0.2, 0) is 19.1 Å². The Kier molecular flexibility index (Phi) is 7.17. The molecule has 1 N–H and O–H groups in total. The van der Waals surface area contributed by atoms with Crippen molar-refractivity contribution in [3.8, 4) is 0 Å². The van der Waals surface area contributed by atoms with Crippen molar-refractivity contribution in [3.63, 3.8) is 0 Å². The van der Waals surface area contributed by atoms with E-state index in [0.29, 0.717) is 51.8 Å². The summed E-state index contributed by atoms with van der Waals surface area (Å²) in [6.07, 6.45) is 9.67. The maximum atomic E-state index is 13.9. The van der Waals surface area contributed by atoms with Gasteiger partial charge < -0.3 is 19.9 Å². The Hall–Kier alpha value is -1.67. The molecule has 8 nitrogen and oxygen atoms in total. The lowest BCUT2D eigenvalue weighted by molar-refractivity contribution is -0.162. The first-order chi connectivity index (χ1) is 16.5. The van der Waals surface area contributed by atoms with Gasteiger partial charge in [-0.05, 0) is 75.5 Å². The molecule has 6 aliphatic rings. The molecule has 0 radical (unpaired) electrons. The highest BCUT2D eigenvalue weighted by Gasteiger charge is 2.57. The predicted molar refractivity (Wildman–Crippen MR) is 128 cm³/mol. The zero-order chi connectivity index (χ0) is 23.7. The molecule has 2 aliphatic heterocycles. The fourth-order valence-electron chi connectivity index (χ4n) is 7.98. The highest BCUT2D eigenvalue weighted by molar-refractivity contribution is 5.91. The molecule has 2 saturated heterocycles. The zero-order valence-electron chi connectivity index (χ0n) is 20.8. The quantitative estimate of drug-likeness (QED) is 0.539. The van der Waals surface area contributed by atoms with E-state index < -0.39 is 0 Å². The number of piperazine rings is 1. The lowest BCUT2D eigenvalue weighted by atomic mass is 9.49.